The van der Waals surface area contributed by atoms with Crippen LogP contribution in [0.25, 0.3) is 0 Å². The van der Waals surface area contributed by atoms with Crippen molar-refractivity contribution in [2.24, 2.45) is 5.41 Å². The van der Waals surface area contributed by atoms with E-state index in [-0.39, 0.29) is 0 Å². The second-order valence-corrected chi connectivity index (χ2v) is 8.99. The van der Waals surface area contributed by atoms with Crippen LogP contribution in [0.4, 0.5) is 0 Å². The van der Waals surface area contributed by atoms with Crippen molar-refractivity contribution in [2.45, 2.75) is 130 Å². The van der Waals surface area contributed by atoms with Crippen molar-refractivity contribution in [1.82, 2.24) is 0 Å². The van der Waals surface area contributed by atoms with Gasteiger partial charge in [0.25, 0.3) is 0 Å². The summed E-state index contributed by atoms with van der Waals surface area (Å²) in [5.41, 5.74) is -2.95. The van der Waals surface area contributed by atoms with E-state index >= 15 is 0 Å². The average molecular weight is 399 g/mol. The number of unbranched alkanes of at least 4 members (excludes halogenated alkanes) is 13. The third-order valence-corrected chi connectivity index (χ3v) is 6.14. The molecule has 1 unspecified atom stereocenters. The predicted molar refractivity (Wildman–Crippen MR) is 116 cm³/mol. The lowest BCUT2D eigenvalue weighted by Gasteiger charge is -2.35. The fourth-order valence-electron chi connectivity index (χ4n) is 3.28. The van der Waals surface area contributed by atoms with E-state index < -0.39 is 22.8 Å². The largest absolute Gasteiger partial charge is 0.465 e. The Bertz CT molecular complexity index is 426. The molecule has 1 N–H and O–H groups in total. The van der Waals surface area contributed by atoms with Crippen molar-refractivity contribution in [3.8, 4) is 0 Å². The lowest BCUT2D eigenvalue weighted by atomic mass is 9.74. The van der Waals surface area contributed by atoms with Gasteiger partial charge in [-0.3, -0.25) is 9.59 Å². The number of ether oxygens (including phenoxy) is 1. The van der Waals surface area contributed by atoms with E-state index in [1.54, 1.807) is 13.8 Å². The molecule has 0 aliphatic carbocycles. The Morgan fingerprint density at radius 3 is 1.43 bits per heavy atom. The lowest BCUT2D eigenvalue weighted by molar-refractivity contribution is -0.174. The van der Waals surface area contributed by atoms with Crippen molar-refractivity contribution >= 4 is 11.8 Å². The van der Waals surface area contributed by atoms with Crippen LogP contribution in [0.2, 0.25) is 0 Å². The minimum atomic E-state index is -1.71. The number of Topliss-reactive ketones (excluding diaryl/α,β-unsaturated/α-hetero) is 1. The van der Waals surface area contributed by atoms with Crippen molar-refractivity contribution in [1.29, 1.82) is 0 Å². The van der Waals surface area contributed by atoms with Crippen LogP contribution in [0.15, 0.2) is 0 Å². The van der Waals surface area contributed by atoms with E-state index in [1.807, 2.05) is 0 Å². The van der Waals surface area contributed by atoms with Gasteiger partial charge in [0.15, 0.2) is 5.78 Å². The van der Waals surface area contributed by atoms with Crippen molar-refractivity contribution in [2.75, 3.05) is 6.61 Å². The molecule has 4 heteroatoms. The Morgan fingerprint density at radius 2 is 1.07 bits per heavy atom. The molecule has 0 bridgehead atoms. The van der Waals surface area contributed by atoms with Gasteiger partial charge in [0.2, 0.25) is 0 Å². The average Bonchev–Trinajstić information content (AvgIpc) is 2.64. The van der Waals surface area contributed by atoms with Crippen LogP contribution in [0, 0.1) is 5.41 Å². The molecular formula is C24H46O4. The maximum Gasteiger partial charge on any atom is 0.314 e. The van der Waals surface area contributed by atoms with E-state index in [9.17, 15) is 14.7 Å². The Hall–Kier alpha value is -0.900. The van der Waals surface area contributed by atoms with Gasteiger partial charge in [-0.1, -0.05) is 90.4 Å². The third kappa shape index (κ3) is 10.6. The maximum atomic E-state index is 12.2. The fraction of sp³-hybridized carbons (Fsp3) is 0.917. The van der Waals surface area contributed by atoms with Gasteiger partial charge in [0.1, 0.15) is 5.60 Å². The number of hydrogen-bond acceptors (Lipinski definition) is 4. The lowest BCUT2D eigenvalue weighted by Crippen LogP contribution is -2.52. The summed E-state index contributed by atoms with van der Waals surface area (Å²) in [5.74, 6) is -0.937. The molecule has 0 aromatic carbocycles. The molecule has 1 atom stereocenters. The van der Waals surface area contributed by atoms with Gasteiger partial charge in [0, 0.05) is 0 Å². The van der Waals surface area contributed by atoms with E-state index in [0.717, 1.165) is 12.8 Å². The van der Waals surface area contributed by atoms with Crippen LogP contribution in [0.1, 0.15) is 125 Å². The Kier molecular flexibility index (Phi) is 14.5. The van der Waals surface area contributed by atoms with Gasteiger partial charge in [-0.05, 0) is 34.1 Å². The highest BCUT2D eigenvalue weighted by molar-refractivity contribution is 5.92. The zero-order chi connectivity index (χ0) is 21.5. The number of hydrogen-bond donors (Lipinski definition) is 1. The molecule has 0 spiro atoms. The smallest absolute Gasteiger partial charge is 0.314 e. The number of aliphatic hydroxyl groups is 1. The quantitative estimate of drug-likeness (QED) is 0.215. The first kappa shape index (κ1) is 27.1. The fourth-order valence-corrected chi connectivity index (χ4v) is 3.28. The van der Waals surface area contributed by atoms with E-state index in [1.165, 1.54) is 90.9 Å². The van der Waals surface area contributed by atoms with Gasteiger partial charge >= 0.3 is 5.97 Å². The Labute approximate surface area is 173 Å². The second kappa shape index (κ2) is 15.0. The first-order valence-electron chi connectivity index (χ1n) is 11.6. The molecule has 0 heterocycles. The van der Waals surface area contributed by atoms with Crippen molar-refractivity contribution in [3.63, 3.8) is 0 Å². The minimum Gasteiger partial charge on any atom is -0.465 e. The standard InChI is InChI=1S/C24H46O4/c1-6-7-8-9-10-11-12-13-14-15-16-17-18-19-20-28-22(26)23(3,4)24(5,27)21(2)25/h27H,6-20H2,1-5H3. The Balaban J connectivity index is 3.58. The van der Waals surface area contributed by atoms with Crippen LogP contribution in [0.5, 0.6) is 0 Å². The normalized spacial score (nSPS) is 13.9. The van der Waals surface area contributed by atoms with Gasteiger partial charge < -0.3 is 9.84 Å². The molecule has 0 radical (unpaired) electrons. The molecule has 28 heavy (non-hydrogen) atoms. The van der Waals surface area contributed by atoms with E-state index in [0.29, 0.717) is 6.61 Å². The predicted octanol–water partition coefficient (Wildman–Crippen LogP) is 6.38. The summed E-state index contributed by atoms with van der Waals surface area (Å²) in [6, 6.07) is 0. The van der Waals surface area contributed by atoms with Crippen molar-refractivity contribution < 1.29 is 19.4 Å². The van der Waals surface area contributed by atoms with Crippen LogP contribution in [-0.2, 0) is 14.3 Å². The summed E-state index contributed by atoms with van der Waals surface area (Å²) in [5, 5.41) is 10.3. The van der Waals surface area contributed by atoms with Crippen LogP contribution in [0.3, 0.4) is 0 Å². The minimum absolute atomic E-state index is 0.355. The first-order valence-corrected chi connectivity index (χ1v) is 11.6. The number of carbonyl (C=O) groups excluding carboxylic acids is 2. The number of carbonyl (C=O) groups is 2. The molecule has 0 aromatic rings. The molecular weight excluding hydrogens is 352 g/mol. The summed E-state index contributed by atoms with van der Waals surface area (Å²) in [6.45, 7) is 8.40. The van der Waals surface area contributed by atoms with Gasteiger partial charge in [-0.25, -0.2) is 0 Å². The summed E-state index contributed by atoms with van der Waals surface area (Å²) in [4.78, 5) is 23.8. The third-order valence-electron chi connectivity index (χ3n) is 6.14. The first-order chi connectivity index (χ1) is 13.2. The monoisotopic (exact) mass is 398 g/mol. The molecule has 0 aliphatic heterocycles. The molecule has 0 saturated heterocycles. The highest BCUT2D eigenvalue weighted by atomic mass is 16.5. The van der Waals surface area contributed by atoms with E-state index in [2.05, 4.69) is 6.92 Å². The van der Waals surface area contributed by atoms with E-state index in [4.69, 9.17) is 4.74 Å². The highest BCUT2D eigenvalue weighted by Gasteiger charge is 2.49. The summed E-state index contributed by atoms with van der Waals surface area (Å²) >= 11 is 0. The number of ketones is 1. The topological polar surface area (TPSA) is 63.6 Å². The van der Waals surface area contributed by atoms with Gasteiger partial charge in [-0.2, -0.15) is 0 Å². The van der Waals surface area contributed by atoms with Crippen LogP contribution < -0.4 is 0 Å². The zero-order valence-corrected chi connectivity index (χ0v) is 19.3. The molecule has 0 aromatic heterocycles. The molecule has 0 aliphatic rings. The summed E-state index contributed by atoms with van der Waals surface area (Å²) < 4.78 is 5.30. The molecule has 0 saturated carbocycles. The van der Waals surface area contributed by atoms with Crippen LogP contribution >= 0.6 is 0 Å². The summed E-state index contributed by atoms with van der Waals surface area (Å²) in [6.07, 6.45) is 18.0. The highest BCUT2D eigenvalue weighted by Crippen LogP contribution is 2.33. The van der Waals surface area contributed by atoms with Crippen LogP contribution in [-0.4, -0.2) is 29.1 Å². The van der Waals surface area contributed by atoms with Crippen molar-refractivity contribution in [3.05, 3.63) is 0 Å². The zero-order valence-electron chi connectivity index (χ0n) is 19.3. The van der Waals surface area contributed by atoms with Gasteiger partial charge in [-0.15, -0.1) is 0 Å². The number of esters is 1. The second-order valence-electron chi connectivity index (χ2n) is 8.99. The van der Waals surface area contributed by atoms with Gasteiger partial charge in [0.05, 0.1) is 12.0 Å². The molecule has 0 rings (SSSR count). The molecule has 0 fully saturated rings. The molecule has 0 amide bonds. The molecule has 166 valence electrons. The Morgan fingerprint density at radius 1 is 0.714 bits per heavy atom. The molecule has 4 nitrogen and oxygen atoms in total. The SMILES string of the molecule is CCCCCCCCCCCCCCCCOC(=O)C(C)(C)C(C)(O)C(C)=O. The number of rotatable bonds is 18. The maximum absolute atomic E-state index is 12.2. The summed E-state index contributed by atoms with van der Waals surface area (Å²) in [7, 11) is 0.